The molecule has 2 aromatic heterocycles. The molecule has 172 valence electrons. The van der Waals surface area contributed by atoms with Crippen LogP contribution in [-0.4, -0.2) is 20.9 Å². The number of carbonyl (C=O) groups excluding carboxylic acids is 1. The van der Waals surface area contributed by atoms with Gasteiger partial charge in [0.15, 0.2) is 0 Å². The van der Waals surface area contributed by atoms with Crippen molar-refractivity contribution < 1.29 is 4.79 Å². The van der Waals surface area contributed by atoms with E-state index in [9.17, 15) is 4.79 Å². The maximum Gasteiger partial charge on any atom is 0.267 e. The van der Waals surface area contributed by atoms with E-state index in [4.69, 9.17) is 34.8 Å². The highest BCUT2D eigenvalue weighted by atomic mass is 35.5. The summed E-state index contributed by atoms with van der Waals surface area (Å²) < 4.78 is 0.841. The Hall–Kier alpha value is -2.64. The van der Waals surface area contributed by atoms with Gasteiger partial charge in [-0.15, -0.1) is 21.5 Å². The van der Waals surface area contributed by atoms with Crippen LogP contribution in [0.4, 0.5) is 5.69 Å². The highest BCUT2D eigenvalue weighted by Gasteiger charge is 2.19. The third kappa shape index (κ3) is 4.51. The van der Waals surface area contributed by atoms with Gasteiger partial charge in [-0.05, 0) is 54.8 Å². The van der Waals surface area contributed by atoms with Crippen LogP contribution in [0.15, 0.2) is 54.6 Å². The van der Waals surface area contributed by atoms with E-state index in [2.05, 4.69) is 34.6 Å². The van der Waals surface area contributed by atoms with Gasteiger partial charge >= 0.3 is 0 Å². The molecule has 0 atom stereocenters. The molecule has 5 nitrogen and oxygen atoms in total. The van der Waals surface area contributed by atoms with E-state index in [-0.39, 0.29) is 5.91 Å². The van der Waals surface area contributed by atoms with Crippen LogP contribution in [0.1, 0.15) is 35.0 Å². The van der Waals surface area contributed by atoms with Crippen LogP contribution < -0.4 is 5.32 Å². The van der Waals surface area contributed by atoms with Crippen molar-refractivity contribution in [1.82, 2.24) is 15.0 Å². The number of thiophene rings is 1. The largest absolute Gasteiger partial charge is 0.320 e. The highest BCUT2D eigenvalue weighted by Crippen LogP contribution is 2.37. The molecule has 0 unspecified atom stereocenters. The van der Waals surface area contributed by atoms with Crippen molar-refractivity contribution in [1.29, 1.82) is 0 Å². The van der Waals surface area contributed by atoms with Gasteiger partial charge in [-0.2, -0.15) is 4.80 Å². The molecule has 0 fully saturated rings. The Balaban J connectivity index is 1.42. The Morgan fingerprint density at radius 2 is 1.74 bits per heavy atom. The molecule has 0 aliphatic carbocycles. The quantitative estimate of drug-likeness (QED) is 0.241. The van der Waals surface area contributed by atoms with Crippen molar-refractivity contribution in [2.75, 3.05) is 5.32 Å². The molecule has 0 bridgehead atoms. The van der Waals surface area contributed by atoms with Crippen LogP contribution in [0.5, 0.6) is 0 Å². The molecule has 0 radical (unpaired) electrons. The average Bonchev–Trinajstić information content (AvgIpc) is 3.38. The second-order valence-electron chi connectivity index (χ2n) is 7.92. The zero-order valence-electron chi connectivity index (χ0n) is 18.1. The lowest BCUT2D eigenvalue weighted by Gasteiger charge is -2.06. The van der Waals surface area contributed by atoms with Gasteiger partial charge in [-0.25, -0.2) is 0 Å². The van der Waals surface area contributed by atoms with E-state index in [1.165, 1.54) is 16.9 Å². The molecule has 3 aromatic carbocycles. The standard InChI is InChI=1S/C25H19Cl3N4OS/c1-2-3-4-14-5-8-16(9-6-14)32-30-20-12-18(27)19(13-21(20)31-32)29-25(33)24-23(28)17-10-7-15(26)11-22(17)34-24/h5-13H,2-4H2,1H3,(H,29,33). The third-order valence-corrected chi connectivity index (χ3v) is 7.71. The van der Waals surface area contributed by atoms with Crippen molar-refractivity contribution in [3.63, 3.8) is 0 Å². The second kappa shape index (κ2) is 9.55. The molecule has 0 saturated heterocycles. The Bertz CT molecular complexity index is 1530. The van der Waals surface area contributed by atoms with Crippen LogP contribution in [0.25, 0.3) is 26.8 Å². The Morgan fingerprint density at radius 1 is 1.00 bits per heavy atom. The predicted octanol–water partition coefficient (Wildman–Crippen LogP) is 8.19. The summed E-state index contributed by atoms with van der Waals surface area (Å²) in [5, 5.41) is 14.1. The molecule has 9 heteroatoms. The maximum absolute atomic E-state index is 13.0. The molecule has 0 aliphatic heterocycles. The Morgan fingerprint density at radius 3 is 2.47 bits per heavy atom. The van der Waals surface area contributed by atoms with E-state index in [1.807, 2.05) is 12.1 Å². The zero-order valence-corrected chi connectivity index (χ0v) is 21.2. The fraction of sp³-hybridized carbons (Fsp3) is 0.160. The number of carbonyl (C=O) groups is 1. The molecular weight excluding hydrogens is 511 g/mol. The first-order valence-electron chi connectivity index (χ1n) is 10.8. The molecule has 0 aliphatic rings. The second-order valence-corrected chi connectivity index (χ2v) is 10.2. The molecule has 34 heavy (non-hydrogen) atoms. The molecule has 5 rings (SSSR count). The SMILES string of the molecule is CCCCc1ccc(-n2nc3cc(Cl)c(NC(=O)c4sc5cc(Cl)ccc5c4Cl)cc3n2)cc1. The van der Waals surface area contributed by atoms with Crippen LogP contribution in [0.3, 0.4) is 0 Å². The maximum atomic E-state index is 13.0. The molecular formula is C25H19Cl3N4OS. The number of nitrogens with one attached hydrogen (secondary N) is 1. The van der Waals surface area contributed by atoms with E-state index in [0.29, 0.717) is 36.7 Å². The van der Waals surface area contributed by atoms with Gasteiger partial charge in [0.05, 0.1) is 21.4 Å². The summed E-state index contributed by atoms with van der Waals surface area (Å²) >= 11 is 20.3. The van der Waals surface area contributed by atoms with Gasteiger partial charge < -0.3 is 5.32 Å². The molecule has 1 amide bonds. The van der Waals surface area contributed by atoms with Gasteiger partial charge in [0.2, 0.25) is 0 Å². The van der Waals surface area contributed by atoms with Crippen molar-refractivity contribution in [2.45, 2.75) is 26.2 Å². The molecule has 0 saturated carbocycles. The van der Waals surface area contributed by atoms with E-state index in [0.717, 1.165) is 35.0 Å². The number of hydrogen-bond acceptors (Lipinski definition) is 4. The predicted molar refractivity (Wildman–Crippen MR) is 142 cm³/mol. The third-order valence-electron chi connectivity index (χ3n) is 5.50. The minimum atomic E-state index is -0.348. The first kappa shape index (κ1) is 23.1. The molecule has 0 spiro atoms. The number of anilines is 1. The number of hydrogen-bond donors (Lipinski definition) is 1. The lowest BCUT2D eigenvalue weighted by atomic mass is 10.1. The van der Waals surface area contributed by atoms with E-state index >= 15 is 0 Å². The molecule has 5 aromatic rings. The van der Waals surface area contributed by atoms with Crippen LogP contribution >= 0.6 is 46.1 Å². The molecule has 1 N–H and O–H groups in total. The number of halogens is 3. The number of aryl methyl sites for hydroxylation is 1. The molecule has 2 heterocycles. The summed E-state index contributed by atoms with van der Waals surface area (Å²) in [6.07, 6.45) is 3.38. The number of fused-ring (bicyclic) bond motifs is 2. The fourth-order valence-corrected chi connectivity index (χ4v) is 5.58. The summed E-state index contributed by atoms with van der Waals surface area (Å²) in [5.74, 6) is -0.348. The van der Waals surface area contributed by atoms with Crippen molar-refractivity contribution >= 4 is 78.9 Å². The van der Waals surface area contributed by atoms with Gasteiger partial charge in [0.25, 0.3) is 5.91 Å². The monoisotopic (exact) mass is 528 g/mol. The Kier molecular flexibility index (Phi) is 6.49. The van der Waals surface area contributed by atoms with Crippen molar-refractivity contribution in [2.24, 2.45) is 0 Å². The zero-order chi connectivity index (χ0) is 23.8. The fourth-order valence-electron chi connectivity index (χ4n) is 3.69. The van der Waals surface area contributed by atoms with Crippen LogP contribution in [0, 0.1) is 0 Å². The Labute approximate surface area is 215 Å². The smallest absolute Gasteiger partial charge is 0.267 e. The van der Waals surface area contributed by atoms with Crippen molar-refractivity contribution in [3.05, 3.63) is 80.1 Å². The summed E-state index contributed by atoms with van der Waals surface area (Å²) in [5.41, 5.74) is 3.83. The van der Waals surface area contributed by atoms with Crippen LogP contribution in [0.2, 0.25) is 15.1 Å². The lowest BCUT2D eigenvalue weighted by molar-refractivity contribution is 0.103. The number of nitrogens with zero attached hydrogens (tertiary/aromatic N) is 3. The van der Waals surface area contributed by atoms with Crippen LogP contribution in [-0.2, 0) is 6.42 Å². The van der Waals surface area contributed by atoms with Gasteiger partial charge in [0.1, 0.15) is 15.9 Å². The lowest BCUT2D eigenvalue weighted by Crippen LogP contribution is -2.11. The van der Waals surface area contributed by atoms with Gasteiger partial charge in [-0.1, -0.05) is 66.3 Å². The minimum Gasteiger partial charge on any atom is -0.320 e. The first-order valence-corrected chi connectivity index (χ1v) is 12.7. The number of rotatable bonds is 6. The first-order chi connectivity index (χ1) is 16.4. The summed E-state index contributed by atoms with van der Waals surface area (Å²) in [6.45, 7) is 2.18. The summed E-state index contributed by atoms with van der Waals surface area (Å²) in [4.78, 5) is 15.0. The number of unbranched alkanes of at least 4 members (excludes halogenated alkanes) is 1. The van der Waals surface area contributed by atoms with E-state index < -0.39 is 0 Å². The van der Waals surface area contributed by atoms with E-state index in [1.54, 1.807) is 35.1 Å². The van der Waals surface area contributed by atoms with Gasteiger partial charge in [-0.3, -0.25) is 4.79 Å². The number of amides is 1. The number of aromatic nitrogens is 3. The van der Waals surface area contributed by atoms with Gasteiger partial charge in [0, 0.05) is 15.1 Å². The summed E-state index contributed by atoms with van der Waals surface area (Å²) in [7, 11) is 0. The summed E-state index contributed by atoms with van der Waals surface area (Å²) in [6, 6.07) is 17.0. The normalized spacial score (nSPS) is 11.4. The topological polar surface area (TPSA) is 59.8 Å². The van der Waals surface area contributed by atoms with Crippen molar-refractivity contribution in [3.8, 4) is 5.69 Å². The highest BCUT2D eigenvalue weighted by molar-refractivity contribution is 7.21. The number of benzene rings is 3. The average molecular weight is 530 g/mol. The minimum absolute atomic E-state index is 0.348.